The van der Waals surface area contributed by atoms with E-state index in [1.165, 1.54) is 0 Å². The third-order valence-corrected chi connectivity index (χ3v) is 5.77. The highest BCUT2D eigenvalue weighted by Gasteiger charge is 2.35. The minimum Gasteiger partial charge on any atom is -0.260 e. The number of pyridine rings is 5. The molecule has 5 heterocycles. The monoisotopic (exact) mass is 429 g/mol. The van der Waals surface area contributed by atoms with Crippen molar-refractivity contribution in [2.75, 3.05) is 0 Å². The molecule has 0 N–H and O–H groups in total. The molecule has 160 valence electrons. The minimum atomic E-state index is -0.582. The summed E-state index contributed by atoms with van der Waals surface area (Å²) in [7, 11) is 0. The zero-order valence-corrected chi connectivity index (χ0v) is 18.3. The van der Waals surface area contributed by atoms with E-state index in [0.717, 1.165) is 39.9 Å². The normalized spacial score (nSPS) is 11.3. The topological polar surface area (TPSA) is 64.5 Å². The lowest BCUT2D eigenvalue weighted by atomic mass is 9.78. The second-order valence-electron chi connectivity index (χ2n) is 7.98. The minimum absolute atomic E-state index is 0.582. The van der Waals surface area contributed by atoms with E-state index in [2.05, 4.69) is 21.9 Å². The standard InChI is InChI=1S/C28H23N5/c1-28(25-14-3-6-18-30-25,26-15-4-7-19-31-26)27-16-9-11-22(33-27)20-21-10-8-13-24(32-21)23-12-2-5-17-29-23/h2-19H,20H2,1H3. The Morgan fingerprint density at radius 1 is 0.515 bits per heavy atom. The summed E-state index contributed by atoms with van der Waals surface area (Å²) in [6.45, 7) is 2.13. The summed E-state index contributed by atoms with van der Waals surface area (Å²) < 4.78 is 0. The molecule has 5 nitrogen and oxygen atoms in total. The van der Waals surface area contributed by atoms with E-state index in [9.17, 15) is 0 Å². The van der Waals surface area contributed by atoms with Crippen LogP contribution in [0.25, 0.3) is 11.4 Å². The predicted molar refractivity (Wildman–Crippen MR) is 129 cm³/mol. The van der Waals surface area contributed by atoms with Gasteiger partial charge in [-0.1, -0.05) is 30.3 Å². The SMILES string of the molecule is CC(c1ccccn1)(c1ccccn1)c1cccc(Cc2cccc(-c3ccccn3)n2)n1. The van der Waals surface area contributed by atoms with Crippen molar-refractivity contribution < 1.29 is 0 Å². The van der Waals surface area contributed by atoms with Gasteiger partial charge in [-0.2, -0.15) is 0 Å². The summed E-state index contributed by atoms with van der Waals surface area (Å²) in [5.41, 5.74) is 5.74. The Labute approximate surface area is 193 Å². The molecule has 0 bridgehead atoms. The summed E-state index contributed by atoms with van der Waals surface area (Å²) >= 11 is 0. The first-order chi connectivity index (χ1) is 16.2. The van der Waals surface area contributed by atoms with Gasteiger partial charge in [0.05, 0.1) is 33.9 Å². The van der Waals surface area contributed by atoms with E-state index in [1.807, 2.05) is 103 Å². The first kappa shape index (κ1) is 20.6. The van der Waals surface area contributed by atoms with Crippen molar-refractivity contribution in [3.05, 3.63) is 138 Å². The molecule has 5 rings (SSSR count). The smallest absolute Gasteiger partial charge is 0.0939 e. The van der Waals surface area contributed by atoms with Gasteiger partial charge in [-0.05, 0) is 67.6 Å². The molecule has 33 heavy (non-hydrogen) atoms. The fraction of sp³-hybridized carbons (Fsp3) is 0.107. The highest BCUT2D eigenvalue weighted by molar-refractivity contribution is 5.53. The van der Waals surface area contributed by atoms with Gasteiger partial charge in [-0.3, -0.25) is 24.9 Å². The van der Waals surface area contributed by atoms with Crippen LogP contribution in [-0.2, 0) is 11.8 Å². The van der Waals surface area contributed by atoms with Crippen LogP contribution >= 0.6 is 0 Å². The molecule has 0 atom stereocenters. The molecule has 0 saturated carbocycles. The summed E-state index contributed by atoms with van der Waals surface area (Å²) in [6, 6.07) is 29.9. The summed E-state index contributed by atoms with van der Waals surface area (Å²) in [4.78, 5) is 23.6. The Balaban J connectivity index is 1.52. The van der Waals surface area contributed by atoms with Gasteiger partial charge < -0.3 is 0 Å². The van der Waals surface area contributed by atoms with Crippen LogP contribution in [0.1, 0.15) is 35.4 Å². The summed E-state index contributed by atoms with van der Waals surface area (Å²) in [5, 5.41) is 0. The van der Waals surface area contributed by atoms with Crippen LogP contribution in [0.4, 0.5) is 0 Å². The van der Waals surface area contributed by atoms with E-state index >= 15 is 0 Å². The molecule has 0 spiro atoms. The van der Waals surface area contributed by atoms with E-state index in [-0.39, 0.29) is 0 Å². The van der Waals surface area contributed by atoms with Gasteiger partial charge in [0.1, 0.15) is 0 Å². The van der Waals surface area contributed by atoms with Gasteiger partial charge in [0.25, 0.3) is 0 Å². The average molecular weight is 430 g/mol. The van der Waals surface area contributed by atoms with Gasteiger partial charge >= 0.3 is 0 Å². The molecular formula is C28H23N5. The lowest BCUT2D eigenvalue weighted by molar-refractivity contribution is 0.616. The zero-order valence-electron chi connectivity index (χ0n) is 18.3. The third-order valence-electron chi connectivity index (χ3n) is 5.77. The van der Waals surface area contributed by atoms with Crippen molar-refractivity contribution >= 4 is 0 Å². The molecule has 0 aromatic carbocycles. The van der Waals surface area contributed by atoms with Gasteiger partial charge in [0.2, 0.25) is 0 Å². The van der Waals surface area contributed by atoms with Crippen molar-refractivity contribution in [3.8, 4) is 11.4 Å². The fourth-order valence-electron chi connectivity index (χ4n) is 3.99. The highest BCUT2D eigenvalue weighted by atomic mass is 14.8. The average Bonchev–Trinajstić information content (AvgIpc) is 2.90. The Bertz CT molecular complexity index is 1300. The van der Waals surface area contributed by atoms with E-state index < -0.39 is 5.41 Å². The van der Waals surface area contributed by atoms with Crippen LogP contribution in [0.15, 0.2) is 110 Å². The lowest BCUT2D eigenvalue weighted by Crippen LogP contribution is -2.29. The van der Waals surface area contributed by atoms with E-state index in [1.54, 1.807) is 6.20 Å². The second-order valence-corrected chi connectivity index (χ2v) is 7.98. The fourth-order valence-corrected chi connectivity index (χ4v) is 3.99. The number of nitrogens with zero attached hydrogens (tertiary/aromatic N) is 5. The Morgan fingerprint density at radius 3 is 1.67 bits per heavy atom. The maximum atomic E-state index is 5.06. The van der Waals surface area contributed by atoms with Crippen LogP contribution in [0.5, 0.6) is 0 Å². The molecule has 0 unspecified atom stereocenters. The van der Waals surface area contributed by atoms with Crippen molar-refractivity contribution in [3.63, 3.8) is 0 Å². The number of aromatic nitrogens is 5. The quantitative estimate of drug-likeness (QED) is 0.368. The molecule has 0 aliphatic heterocycles. The molecular weight excluding hydrogens is 406 g/mol. The molecule has 0 aliphatic carbocycles. The van der Waals surface area contributed by atoms with E-state index in [4.69, 9.17) is 9.97 Å². The van der Waals surface area contributed by atoms with Crippen molar-refractivity contribution in [2.45, 2.75) is 18.8 Å². The predicted octanol–water partition coefficient (Wildman–Crippen LogP) is 5.27. The zero-order chi connectivity index (χ0) is 22.5. The lowest BCUT2D eigenvalue weighted by Gasteiger charge is -2.28. The van der Waals surface area contributed by atoms with Crippen molar-refractivity contribution in [1.29, 1.82) is 0 Å². The second kappa shape index (κ2) is 9.09. The van der Waals surface area contributed by atoms with Gasteiger partial charge in [0, 0.05) is 36.4 Å². The molecule has 5 aromatic rings. The van der Waals surface area contributed by atoms with Gasteiger partial charge in [-0.15, -0.1) is 0 Å². The maximum absolute atomic E-state index is 5.06. The van der Waals surface area contributed by atoms with Crippen molar-refractivity contribution in [1.82, 2.24) is 24.9 Å². The van der Waals surface area contributed by atoms with Crippen LogP contribution in [0, 0.1) is 0 Å². The highest BCUT2D eigenvalue weighted by Crippen LogP contribution is 2.35. The van der Waals surface area contributed by atoms with Crippen LogP contribution in [0.2, 0.25) is 0 Å². The molecule has 0 amide bonds. The van der Waals surface area contributed by atoms with Crippen LogP contribution in [0.3, 0.4) is 0 Å². The molecule has 5 aromatic heterocycles. The first-order valence-electron chi connectivity index (χ1n) is 10.9. The van der Waals surface area contributed by atoms with Gasteiger partial charge in [0.15, 0.2) is 0 Å². The Kier molecular flexibility index (Phi) is 5.68. The van der Waals surface area contributed by atoms with Crippen molar-refractivity contribution in [2.24, 2.45) is 0 Å². The third kappa shape index (κ3) is 4.26. The summed E-state index contributed by atoms with van der Waals surface area (Å²) in [6.07, 6.45) is 6.03. The molecule has 5 heteroatoms. The Hall–Kier alpha value is -4.25. The van der Waals surface area contributed by atoms with Crippen LogP contribution in [-0.4, -0.2) is 24.9 Å². The largest absolute Gasteiger partial charge is 0.260 e. The van der Waals surface area contributed by atoms with Crippen LogP contribution < -0.4 is 0 Å². The number of hydrogen-bond donors (Lipinski definition) is 0. The first-order valence-corrected chi connectivity index (χ1v) is 10.9. The number of hydrogen-bond acceptors (Lipinski definition) is 5. The molecule has 0 saturated heterocycles. The van der Waals surface area contributed by atoms with Gasteiger partial charge in [-0.25, -0.2) is 0 Å². The maximum Gasteiger partial charge on any atom is 0.0939 e. The molecule has 0 fully saturated rings. The summed E-state index contributed by atoms with van der Waals surface area (Å²) in [5.74, 6) is 0. The number of rotatable bonds is 6. The molecule has 0 radical (unpaired) electrons. The van der Waals surface area contributed by atoms with E-state index in [0.29, 0.717) is 6.42 Å². The molecule has 0 aliphatic rings. The Morgan fingerprint density at radius 2 is 1.06 bits per heavy atom.